The van der Waals surface area contributed by atoms with Crippen LogP contribution in [-0.2, 0) is 28.9 Å². The van der Waals surface area contributed by atoms with Gasteiger partial charge in [-0.05, 0) is 6.26 Å². The Balaban J connectivity index is 4.05. The van der Waals surface area contributed by atoms with Gasteiger partial charge in [0.2, 0.25) is 6.10 Å². The molecule has 0 saturated carbocycles. The van der Waals surface area contributed by atoms with E-state index in [1.165, 1.54) is 11.8 Å². The molecule has 0 N–H and O–H groups in total. The van der Waals surface area contributed by atoms with Crippen LogP contribution in [0, 0.1) is 0 Å². The summed E-state index contributed by atoms with van der Waals surface area (Å²) in [5.74, 6) is -0.701. The number of sulfone groups is 1. The van der Waals surface area contributed by atoms with Gasteiger partial charge in [0.25, 0.3) is 6.47 Å². The van der Waals surface area contributed by atoms with Crippen LogP contribution in [0.25, 0.3) is 0 Å². The third-order valence-electron chi connectivity index (χ3n) is 1.50. The van der Waals surface area contributed by atoms with Crippen LogP contribution >= 0.6 is 11.8 Å². The topological polar surface area (TPSA) is 86.7 Å². The van der Waals surface area contributed by atoms with Crippen molar-refractivity contribution in [2.24, 2.45) is 0 Å². The van der Waals surface area contributed by atoms with Gasteiger partial charge in [-0.2, -0.15) is 11.8 Å². The summed E-state index contributed by atoms with van der Waals surface area (Å²) in [5, 5.41) is 0. The van der Waals surface area contributed by atoms with Gasteiger partial charge in [-0.25, -0.2) is 13.2 Å². The van der Waals surface area contributed by atoms with Gasteiger partial charge in [0.05, 0.1) is 5.75 Å². The molecule has 0 bridgehead atoms. The highest BCUT2D eigenvalue weighted by molar-refractivity contribution is 7.98. The van der Waals surface area contributed by atoms with Crippen LogP contribution in [0.1, 0.15) is 0 Å². The second-order valence-electron chi connectivity index (χ2n) is 2.97. The van der Waals surface area contributed by atoms with Gasteiger partial charge in [-0.15, -0.1) is 0 Å². The van der Waals surface area contributed by atoms with Crippen LogP contribution in [0.4, 0.5) is 0 Å². The minimum atomic E-state index is -3.16. The van der Waals surface area contributed by atoms with Crippen molar-refractivity contribution < 1.29 is 27.5 Å². The lowest BCUT2D eigenvalue weighted by Gasteiger charge is -2.12. The molecule has 0 aromatic carbocycles. The first-order chi connectivity index (χ1) is 7.40. The lowest BCUT2D eigenvalue weighted by molar-refractivity contribution is -0.159. The number of hydrogen-bond donors (Lipinski definition) is 0. The largest absolute Gasteiger partial charge is 0.462 e. The van der Waals surface area contributed by atoms with Crippen LogP contribution in [0.2, 0.25) is 0 Å². The summed E-state index contributed by atoms with van der Waals surface area (Å²) < 4.78 is 30.7. The lowest BCUT2D eigenvalue weighted by Crippen LogP contribution is -2.30. The molecule has 94 valence electrons. The Kier molecular flexibility index (Phi) is 7.15. The molecule has 0 aromatic rings. The van der Waals surface area contributed by atoms with Gasteiger partial charge < -0.3 is 9.47 Å². The Morgan fingerprint density at radius 1 is 1.50 bits per heavy atom. The molecule has 0 fully saturated rings. The van der Waals surface area contributed by atoms with Crippen molar-refractivity contribution in [3.63, 3.8) is 0 Å². The van der Waals surface area contributed by atoms with E-state index in [1.807, 2.05) is 0 Å². The quantitative estimate of drug-likeness (QED) is 0.433. The fourth-order valence-corrected chi connectivity index (χ4v) is 1.67. The van der Waals surface area contributed by atoms with Crippen molar-refractivity contribution in [1.29, 1.82) is 0 Å². The van der Waals surface area contributed by atoms with Crippen molar-refractivity contribution >= 4 is 34.0 Å². The summed E-state index contributed by atoms with van der Waals surface area (Å²) in [6, 6.07) is 0. The predicted octanol–water partition coefficient (Wildman–Crippen LogP) is -0.521. The summed E-state index contributed by atoms with van der Waals surface area (Å²) in [5.41, 5.74) is 0. The van der Waals surface area contributed by atoms with Crippen molar-refractivity contribution in [3.05, 3.63) is 0 Å². The molecule has 0 amide bonds. The summed E-state index contributed by atoms with van der Waals surface area (Å²) in [7, 11) is -3.16. The third-order valence-corrected chi connectivity index (χ3v) is 3.04. The zero-order valence-electron chi connectivity index (χ0n) is 9.04. The maximum absolute atomic E-state index is 11.3. The third kappa shape index (κ3) is 7.52. The van der Waals surface area contributed by atoms with Crippen LogP contribution in [0.5, 0.6) is 0 Å². The first kappa shape index (κ1) is 15.2. The molecular weight excluding hydrogens is 256 g/mol. The maximum atomic E-state index is 11.3. The molecule has 8 heteroatoms. The maximum Gasteiger partial charge on any atom is 0.348 e. The molecule has 0 aromatic heterocycles. The summed E-state index contributed by atoms with van der Waals surface area (Å²) >= 11 is 1.31. The van der Waals surface area contributed by atoms with E-state index in [1.54, 1.807) is 6.26 Å². The lowest BCUT2D eigenvalue weighted by atomic mass is 10.4. The number of esters is 1. The second kappa shape index (κ2) is 7.50. The van der Waals surface area contributed by atoms with E-state index in [9.17, 15) is 18.0 Å². The summed E-state index contributed by atoms with van der Waals surface area (Å²) in [6.07, 6.45) is 1.81. The fourth-order valence-electron chi connectivity index (χ4n) is 0.768. The second-order valence-corrected chi connectivity index (χ2v) is 6.14. The van der Waals surface area contributed by atoms with E-state index in [0.717, 1.165) is 6.26 Å². The number of thioether (sulfide) groups is 1. The average molecular weight is 270 g/mol. The van der Waals surface area contributed by atoms with Gasteiger partial charge in [-0.1, -0.05) is 0 Å². The summed E-state index contributed by atoms with van der Waals surface area (Å²) in [6.45, 7) is -0.0660. The Morgan fingerprint density at radius 3 is 2.56 bits per heavy atom. The van der Waals surface area contributed by atoms with Gasteiger partial charge in [0.15, 0.2) is 9.84 Å². The van der Waals surface area contributed by atoms with E-state index in [4.69, 9.17) is 0 Å². The van der Waals surface area contributed by atoms with Gasteiger partial charge in [0, 0.05) is 12.0 Å². The Labute approximate surface area is 98.6 Å². The van der Waals surface area contributed by atoms with E-state index >= 15 is 0 Å². The molecule has 0 aliphatic heterocycles. The number of ether oxygens (including phenoxy) is 2. The molecule has 0 rings (SSSR count). The molecule has 0 saturated heterocycles. The highest BCUT2D eigenvalue weighted by Gasteiger charge is 2.21. The van der Waals surface area contributed by atoms with Gasteiger partial charge >= 0.3 is 5.97 Å². The molecule has 0 radical (unpaired) electrons. The fraction of sp³-hybridized carbons (Fsp3) is 0.750. The Hall–Kier alpha value is -0.760. The van der Waals surface area contributed by atoms with Crippen LogP contribution in [-0.4, -0.2) is 57.6 Å². The SMILES string of the molecule is CSCC(OC=O)C(=O)OCCS(C)(=O)=O. The molecule has 0 heterocycles. The molecule has 6 nitrogen and oxygen atoms in total. The monoisotopic (exact) mass is 270 g/mol. The van der Waals surface area contributed by atoms with Gasteiger partial charge in [-0.3, -0.25) is 4.79 Å². The van der Waals surface area contributed by atoms with Crippen molar-refractivity contribution in [2.75, 3.05) is 30.6 Å². The highest BCUT2D eigenvalue weighted by atomic mass is 32.2. The number of carbonyl (C=O) groups excluding carboxylic acids is 2. The number of rotatable bonds is 8. The van der Waals surface area contributed by atoms with Crippen molar-refractivity contribution in [2.45, 2.75) is 6.10 Å². The first-order valence-corrected chi connectivity index (χ1v) is 7.78. The van der Waals surface area contributed by atoms with Crippen LogP contribution in [0.3, 0.4) is 0 Å². The normalized spacial score (nSPS) is 12.9. The molecule has 16 heavy (non-hydrogen) atoms. The summed E-state index contributed by atoms with van der Waals surface area (Å²) in [4.78, 5) is 21.4. The van der Waals surface area contributed by atoms with Crippen LogP contribution in [0.15, 0.2) is 0 Å². The van der Waals surface area contributed by atoms with Gasteiger partial charge in [0.1, 0.15) is 6.61 Å². The zero-order chi connectivity index (χ0) is 12.6. The van der Waals surface area contributed by atoms with E-state index in [0.29, 0.717) is 0 Å². The number of hydrogen-bond acceptors (Lipinski definition) is 7. The van der Waals surface area contributed by atoms with E-state index in [2.05, 4.69) is 9.47 Å². The van der Waals surface area contributed by atoms with E-state index < -0.39 is 21.9 Å². The number of carbonyl (C=O) groups is 2. The Bertz CT molecular complexity index is 323. The Morgan fingerprint density at radius 2 is 2.12 bits per heavy atom. The molecule has 0 spiro atoms. The zero-order valence-corrected chi connectivity index (χ0v) is 10.7. The molecule has 0 aliphatic carbocycles. The smallest absolute Gasteiger partial charge is 0.348 e. The minimum absolute atomic E-state index is 0.165. The molecule has 1 unspecified atom stereocenters. The van der Waals surface area contributed by atoms with Crippen LogP contribution < -0.4 is 0 Å². The average Bonchev–Trinajstić information content (AvgIpc) is 2.15. The minimum Gasteiger partial charge on any atom is -0.462 e. The molecular formula is C8H14O6S2. The van der Waals surface area contributed by atoms with E-state index in [-0.39, 0.29) is 24.6 Å². The predicted molar refractivity (Wildman–Crippen MR) is 60.0 cm³/mol. The first-order valence-electron chi connectivity index (χ1n) is 4.33. The molecule has 0 aliphatic rings. The standard InChI is InChI=1S/C8H14O6S2/c1-15-5-7(14-6-9)8(10)13-3-4-16(2,11)12/h6-7H,3-5H2,1-2H3. The highest BCUT2D eigenvalue weighted by Crippen LogP contribution is 2.03. The van der Waals surface area contributed by atoms with Crippen molar-refractivity contribution in [1.82, 2.24) is 0 Å². The molecule has 1 atom stereocenters. The van der Waals surface area contributed by atoms with Crippen molar-refractivity contribution in [3.8, 4) is 0 Å².